The predicted molar refractivity (Wildman–Crippen MR) is 118 cm³/mol. The number of nitrogens with one attached hydrogen (secondary N) is 1. The quantitative estimate of drug-likeness (QED) is 0.439. The Hall–Kier alpha value is -3.86. The first kappa shape index (κ1) is 20.9. The van der Waals surface area contributed by atoms with Gasteiger partial charge in [-0.05, 0) is 67.6 Å². The molecule has 5 nitrogen and oxygen atoms in total. The van der Waals surface area contributed by atoms with E-state index in [1.807, 2.05) is 31.2 Å². The number of ketones is 1. The van der Waals surface area contributed by atoms with Gasteiger partial charge in [0.1, 0.15) is 11.5 Å². The smallest absolute Gasteiger partial charge is 0.255 e. The van der Waals surface area contributed by atoms with Crippen LogP contribution in [0.1, 0.15) is 31.8 Å². The summed E-state index contributed by atoms with van der Waals surface area (Å²) >= 11 is 0. The molecule has 0 aromatic heterocycles. The van der Waals surface area contributed by atoms with E-state index in [0.717, 1.165) is 11.1 Å². The van der Waals surface area contributed by atoms with Gasteiger partial charge < -0.3 is 14.8 Å². The van der Waals surface area contributed by atoms with E-state index in [4.69, 9.17) is 9.47 Å². The Morgan fingerprint density at radius 3 is 2.30 bits per heavy atom. The van der Waals surface area contributed by atoms with Crippen molar-refractivity contribution in [2.24, 2.45) is 0 Å². The van der Waals surface area contributed by atoms with Crippen molar-refractivity contribution in [3.8, 4) is 11.5 Å². The second-order valence-corrected chi connectivity index (χ2v) is 6.71. The van der Waals surface area contributed by atoms with Crippen LogP contribution in [-0.4, -0.2) is 25.9 Å². The highest BCUT2D eigenvalue weighted by Gasteiger charge is 2.08. The molecule has 0 atom stereocenters. The third-order valence-corrected chi connectivity index (χ3v) is 4.56. The number of carbonyl (C=O) groups is 2. The summed E-state index contributed by atoms with van der Waals surface area (Å²) in [7, 11) is 3.15. The van der Waals surface area contributed by atoms with Crippen LogP contribution in [0, 0.1) is 6.92 Å². The third-order valence-electron chi connectivity index (χ3n) is 4.56. The minimum atomic E-state index is -0.190. The highest BCUT2D eigenvalue weighted by Crippen LogP contribution is 2.25. The van der Waals surface area contributed by atoms with Crippen LogP contribution >= 0.6 is 0 Å². The van der Waals surface area contributed by atoms with E-state index in [9.17, 15) is 9.59 Å². The first-order valence-electron chi connectivity index (χ1n) is 9.42. The average Bonchev–Trinajstić information content (AvgIpc) is 2.77. The molecule has 0 aliphatic heterocycles. The molecule has 30 heavy (non-hydrogen) atoms. The van der Waals surface area contributed by atoms with Gasteiger partial charge in [0.15, 0.2) is 5.78 Å². The van der Waals surface area contributed by atoms with Crippen LogP contribution in [0.25, 0.3) is 6.08 Å². The van der Waals surface area contributed by atoms with E-state index in [-0.39, 0.29) is 11.7 Å². The highest BCUT2D eigenvalue weighted by molar-refractivity contribution is 6.08. The van der Waals surface area contributed by atoms with Crippen LogP contribution in [0.4, 0.5) is 5.69 Å². The van der Waals surface area contributed by atoms with Crippen molar-refractivity contribution in [2.45, 2.75) is 6.92 Å². The fraction of sp³-hybridized carbons (Fsp3) is 0.120. The average molecular weight is 401 g/mol. The van der Waals surface area contributed by atoms with Crippen molar-refractivity contribution < 1.29 is 19.1 Å². The first-order valence-corrected chi connectivity index (χ1v) is 9.42. The summed E-state index contributed by atoms with van der Waals surface area (Å²) < 4.78 is 10.5. The number of hydrogen-bond acceptors (Lipinski definition) is 4. The molecule has 5 heteroatoms. The fourth-order valence-corrected chi connectivity index (χ4v) is 2.93. The summed E-state index contributed by atoms with van der Waals surface area (Å²) in [5.41, 5.74) is 3.52. The van der Waals surface area contributed by atoms with Crippen LogP contribution < -0.4 is 14.8 Å². The number of carbonyl (C=O) groups excluding carboxylic acids is 2. The summed E-state index contributed by atoms with van der Waals surface area (Å²) in [6.07, 6.45) is 3.19. The van der Waals surface area contributed by atoms with Crippen LogP contribution in [0.15, 0.2) is 72.8 Å². The molecule has 0 aliphatic carbocycles. The second kappa shape index (κ2) is 9.56. The normalized spacial score (nSPS) is 10.6. The lowest BCUT2D eigenvalue weighted by Gasteiger charge is -2.07. The Bertz CT molecular complexity index is 1080. The van der Waals surface area contributed by atoms with Crippen LogP contribution in [0.3, 0.4) is 0 Å². The van der Waals surface area contributed by atoms with Gasteiger partial charge in [-0.2, -0.15) is 0 Å². The number of rotatable bonds is 7. The van der Waals surface area contributed by atoms with Crippen molar-refractivity contribution in [3.63, 3.8) is 0 Å². The SMILES string of the molecule is COc1ccc(C=CC(=O)c2ccc(NC(=O)c3cccc(C)c3)cc2)c(OC)c1. The monoisotopic (exact) mass is 401 g/mol. The molecular formula is C25H23NO4. The standard InChI is InChI=1S/C25H23NO4/c1-17-5-4-6-20(15-17)25(28)26-21-11-7-18(8-12-21)23(27)14-10-19-9-13-22(29-2)16-24(19)30-3/h4-16H,1-3H3,(H,26,28). The van der Waals surface area contributed by atoms with Gasteiger partial charge in [-0.15, -0.1) is 0 Å². The summed E-state index contributed by atoms with van der Waals surface area (Å²) in [6.45, 7) is 1.94. The number of anilines is 1. The third kappa shape index (κ3) is 5.14. The van der Waals surface area contributed by atoms with Gasteiger partial charge in [-0.25, -0.2) is 0 Å². The van der Waals surface area contributed by atoms with E-state index in [1.54, 1.807) is 62.8 Å². The van der Waals surface area contributed by atoms with E-state index in [1.165, 1.54) is 6.08 Å². The van der Waals surface area contributed by atoms with Gasteiger partial charge in [-0.1, -0.05) is 17.7 Å². The number of methoxy groups -OCH3 is 2. The number of hydrogen-bond donors (Lipinski definition) is 1. The van der Waals surface area contributed by atoms with E-state index >= 15 is 0 Å². The zero-order valence-corrected chi connectivity index (χ0v) is 17.1. The molecule has 0 heterocycles. The minimum Gasteiger partial charge on any atom is -0.497 e. The number of ether oxygens (including phenoxy) is 2. The van der Waals surface area contributed by atoms with Crippen LogP contribution in [-0.2, 0) is 0 Å². The van der Waals surface area contributed by atoms with Gasteiger partial charge in [0.25, 0.3) is 5.91 Å². The zero-order valence-electron chi connectivity index (χ0n) is 17.1. The Morgan fingerprint density at radius 1 is 0.867 bits per heavy atom. The molecule has 3 rings (SSSR count). The van der Waals surface area contributed by atoms with Crippen molar-refractivity contribution in [2.75, 3.05) is 19.5 Å². The Kier molecular flexibility index (Phi) is 6.65. The van der Waals surface area contributed by atoms with Crippen molar-refractivity contribution in [1.82, 2.24) is 0 Å². The molecule has 0 fully saturated rings. The molecule has 0 bridgehead atoms. The lowest BCUT2D eigenvalue weighted by molar-refractivity contribution is 0.102. The van der Waals surface area contributed by atoms with Gasteiger partial charge in [0.05, 0.1) is 14.2 Å². The maximum absolute atomic E-state index is 12.5. The maximum Gasteiger partial charge on any atom is 0.255 e. The molecule has 0 unspecified atom stereocenters. The van der Waals surface area contributed by atoms with Gasteiger partial charge >= 0.3 is 0 Å². The molecule has 0 saturated carbocycles. The summed E-state index contributed by atoms with van der Waals surface area (Å²) in [6, 6.07) is 19.5. The number of allylic oxidation sites excluding steroid dienone is 1. The summed E-state index contributed by atoms with van der Waals surface area (Å²) in [4.78, 5) is 24.8. The zero-order chi connectivity index (χ0) is 21.5. The van der Waals surface area contributed by atoms with Crippen LogP contribution in [0.2, 0.25) is 0 Å². The van der Waals surface area contributed by atoms with Gasteiger partial charge in [0, 0.05) is 28.4 Å². The second-order valence-electron chi connectivity index (χ2n) is 6.71. The first-order chi connectivity index (χ1) is 14.5. The van der Waals surface area contributed by atoms with Crippen molar-refractivity contribution in [3.05, 3.63) is 95.1 Å². The summed E-state index contributed by atoms with van der Waals surface area (Å²) in [5, 5.41) is 2.84. The van der Waals surface area contributed by atoms with Crippen LogP contribution in [0.5, 0.6) is 11.5 Å². The molecule has 1 N–H and O–H groups in total. The molecule has 0 saturated heterocycles. The van der Waals surface area contributed by atoms with E-state index in [2.05, 4.69) is 5.32 Å². The maximum atomic E-state index is 12.5. The molecule has 0 radical (unpaired) electrons. The number of benzene rings is 3. The molecule has 152 valence electrons. The van der Waals surface area contributed by atoms with Gasteiger partial charge in [-0.3, -0.25) is 9.59 Å². The topological polar surface area (TPSA) is 64.6 Å². The highest BCUT2D eigenvalue weighted by atomic mass is 16.5. The molecule has 3 aromatic rings. The Balaban J connectivity index is 1.68. The minimum absolute atomic E-state index is 0.149. The largest absolute Gasteiger partial charge is 0.497 e. The van der Waals surface area contributed by atoms with E-state index < -0.39 is 0 Å². The molecule has 3 aromatic carbocycles. The number of aryl methyl sites for hydroxylation is 1. The fourth-order valence-electron chi connectivity index (χ4n) is 2.93. The van der Waals surface area contributed by atoms with Gasteiger partial charge in [0.2, 0.25) is 0 Å². The Labute approximate surface area is 176 Å². The molecular weight excluding hydrogens is 378 g/mol. The molecule has 1 amide bonds. The van der Waals surface area contributed by atoms with E-state index in [0.29, 0.717) is 28.3 Å². The number of amides is 1. The van der Waals surface area contributed by atoms with Crippen molar-refractivity contribution in [1.29, 1.82) is 0 Å². The molecule has 0 aliphatic rings. The molecule has 0 spiro atoms. The van der Waals surface area contributed by atoms with Crippen molar-refractivity contribution >= 4 is 23.5 Å². The lowest BCUT2D eigenvalue weighted by Crippen LogP contribution is -2.12. The lowest BCUT2D eigenvalue weighted by atomic mass is 10.1. The predicted octanol–water partition coefficient (Wildman–Crippen LogP) is 5.16. The Morgan fingerprint density at radius 2 is 1.63 bits per heavy atom. The summed E-state index contributed by atoms with van der Waals surface area (Å²) in [5.74, 6) is 0.958.